The van der Waals surface area contributed by atoms with Crippen LogP contribution in [0, 0.1) is 5.41 Å². The fourth-order valence-electron chi connectivity index (χ4n) is 4.22. The summed E-state index contributed by atoms with van der Waals surface area (Å²) in [6.45, 7) is 8.48. The lowest BCUT2D eigenvalue weighted by Gasteiger charge is -2.35. The quantitative estimate of drug-likeness (QED) is 0.537. The van der Waals surface area contributed by atoms with E-state index in [1.165, 1.54) is 36.8 Å². The molecule has 1 aliphatic carbocycles. The van der Waals surface area contributed by atoms with Gasteiger partial charge < -0.3 is 15.7 Å². The first kappa shape index (κ1) is 21.1. The highest BCUT2D eigenvalue weighted by Gasteiger charge is 2.27. The lowest BCUT2D eigenvalue weighted by molar-refractivity contribution is 0.0792. The molecule has 28 heavy (non-hydrogen) atoms. The minimum absolute atomic E-state index is 0.104. The van der Waals surface area contributed by atoms with Crippen molar-refractivity contribution in [3.8, 4) is 0 Å². The maximum absolute atomic E-state index is 9.63. The van der Waals surface area contributed by atoms with Gasteiger partial charge in [-0.1, -0.05) is 38.1 Å². The minimum atomic E-state index is -0.104. The van der Waals surface area contributed by atoms with E-state index in [2.05, 4.69) is 58.6 Å². The Kier molecular flexibility index (Phi) is 7.36. The lowest BCUT2D eigenvalue weighted by atomic mass is 9.75. The highest BCUT2D eigenvalue weighted by atomic mass is 16.3. The number of nitrogens with one attached hydrogen (secondary N) is 2. The van der Waals surface area contributed by atoms with Crippen molar-refractivity contribution in [3.05, 3.63) is 35.4 Å². The van der Waals surface area contributed by atoms with Crippen LogP contribution < -0.4 is 10.6 Å². The first-order chi connectivity index (χ1) is 13.4. The third kappa shape index (κ3) is 6.49. The van der Waals surface area contributed by atoms with E-state index in [0.717, 1.165) is 45.0 Å². The molecule has 1 saturated heterocycles. The van der Waals surface area contributed by atoms with Crippen LogP contribution in [0.5, 0.6) is 0 Å². The maximum atomic E-state index is 9.63. The van der Waals surface area contributed by atoms with Crippen molar-refractivity contribution in [1.82, 2.24) is 15.5 Å². The van der Waals surface area contributed by atoms with Gasteiger partial charge in [-0.15, -0.1) is 0 Å². The van der Waals surface area contributed by atoms with Gasteiger partial charge in [-0.2, -0.15) is 0 Å². The summed E-state index contributed by atoms with van der Waals surface area (Å²) in [4.78, 5) is 6.83. The standard InChI is InChI=1S/C23H38N4O/c1-23(2)12-8-20(9-13-23)26-22(24-3)25-16-18-4-6-19(7-5-18)17-27-14-10-21(28)11-15-27/h4-7,20-21,28H,8-17H2,1-3H3,(H2,24,25,26). The van der Waals surface area contributed by atoms with Gasteiger partial charge in [-0.05, 0) is 55.1 Å². The smallest absolute Gasteiger partial charge is 0.191 e. The van der Waals surface area contributed by atoms with E-state index >= 15 is 0 Å². The molecule has 0 spiro atoms. The van der Waals surface area contributed by atoms with Crippen LogP contribution in [0.25, 0.3) is 0 Å². The Bertz CT molecular complexity index is 623. The van der Waals surface area contributed by atoms with Gasteiger partial charge in [0.05, 0.1) is 6.10 Å². The van der Waals surface area contributed by atoms with Crippen molar-refractivity contribution in [2.75, 3.05) is 20.1 Å². The number of hydrogen-bond donors (Lipinski definition) is 3. The highest BCUT2D eigenvalue weighted by Crippen LogP contribution is 2.34. The van der Waals surface area contributed by atoms with Crippen LogP contribution in [0.4, 0.5) is 0 Å². The van der Waals surface area contributed by atoms with Crippen molar-refractivity contribution >= 4 is 5.96 Å². The van der Waals surface area contributed by atoms with Crippen molar-refractivity contribution in [2.45, 2.75) is 77.6 Å². The number of guanidine groups is 1. The predicted octanol–water partition coefficient (Wildman–Crippen LogP) is 3.28. The molecular weight excluding hydrogens is 348 g/mol. The molecule has 5 heteroatoms. The monoisotopic (exact) mass is 386 g/mol. The van der Waals surface area contributed by atoms with Crippen LogP contribution in [0.2, 0.25) is 0 Å². The molecule has 3 rings (SSSR count). The van der Waals surface area contributed by atoms with Gasteiger partial charge in [0.15, 0.2) is 5.96 Å². The van der Waals surface area contributed by atoms with Gasteiger partial charge in [0.25, 0.3) is 0 Å². The number of aliphatic hydroxyl groups is 1. The van der Waals surface area contributed by atoms with Gasteiger partial charge >= 0.3 is 0 Å². The molecule has 1 aliphatic heterocycles. The summed E-state index contributed by atoms with van der Waals surface area (Å²) in [5.74, 6) is 0.903. The predicted molar refractivity (Wildman–Crippen MR) is 116 cm³/mol. The molecule has 156 valence electrons. The van der Waals surface area contributed by atoms with Crippen molar-refractivity contribution in [2.24, 2.45) is 10.4 Å². The number of aliphatic imine (C=N–C) groups is 1. The van der Waals surface area contributed by atoms with Gasteiger partial charge in [0.2, 0.25) is 0 Å². The second-order valence-electron chi connectivity index (χ2n) is 9.33. The summed E-state index contributed by atoms with van der Waals surface area (Å²) in [6.07, 6.45) is 6.68. The normalized spacial score (nSPS) is 22.2. The summed E-state index contributed by atoms with van der Waals surface area (Å²) in [5.41, 5.74) is 3.10. The van der Waals surface area contributed by atoms with E-state index in [1.807, 2.05) is 7.05 Å². The molecule has 0 unspecified atom stereocenters. The van der Waals surface area contributed by atoms with Crippen molar-refractivity contribution in [1.29, 1.82) is 0 Å². The molecule has 0 bridgehead atoms. The molecule has 2 aliphatic rings. The number of piperidine rings is 1. The molecule has 1 heterocycles. The first-order valence-corrected chi connectivity index (χ1v) is 10.9. The summed E-state index contributed by atoms with van der Waals surface area (Å²) >= 11 is 0. The van der Waals surface area contributed by atoms with Gasteiger partial charge in [-0.25, -0.2) is 0 Å². The molecule has 0 radical (unpaired) electrons. The molecule has 3 N–H and O–H groups in total. The number of aliphatic hydroxyl groups excluding tert-OH is 1. The van der Waals surface area contributed by atoms with E-state index in [-0.39, 0.29) is 6.10 Å². The highest BCUT2D eigenvalue weighted by molar-refractivity contribution is 5.79. The van der Waals surface area contributed by atoms with Gasteiger partial charge in [0, 0.05) is 39.3 Å². The minimum Gasteiger partial charge on any atom is -0.393 e. The third-order valence-electron chi connectivity index (χ3n) is 6.35. The zero-order chi connectivity index (χ0) is 20.0. The average Bonchev–Trinajstić information content (AvgIpc) is 2.69. The molecule has 0 aromatic heterocycles. The zero-order valence-corrected chi connectivity index (χ0v) is 17.9. The van der Waals surface area contributed by atoms with Crippen LogP contribution in [0.3, 0.4) is 0 Å². The summed E-state index contributed by atoms with van der Waals surface area (Å²) in [5, 5.41) is 16.7. The van der Waals surface area contributed by atoms with Gasteiger partial charge in [-0.3, -0.25) is 9.89 Å². The Morgan fingerprint density at radius 1 is 1.07 bits per heavy atom. The summed E-state index contributed by atoms with van der Waals surface area (Å²) < 4.78 is 0. The number of hydrogen-bond acceptors (Lipinski definition) is 3. The Balaban J connectivity index is 1.42. The number of benzene rings is 1. The summed E-state index contributed by atoms with van der Waals surface area (Å²) in [6, 6.07) is 9.39. The average molecular weight is 387 g/mol. The lowest BCUT2D eigenvalue weighted by Crippen LogP contribution is -2.45. The molecule has 0 amide bonds. The summed E-state index contributed by atoms with van der Waals surface area (Å²) in [7, 11) is 1.85. The zero-order valence-electron chi connectivity index (χ0n) is 17.9. The van der Waals surface area contributed by atoms with E-state index < -0.39 is 0 Å². The maximum Gasteiger partial charge on any atom is 0.191 e. The number of likely N-dealkylation sites (tertiary alicyclic amines) is 1. The fourth-order valence-corrected chi connectivity index (χ4v) is 4.22. The Morgan fingerprint density at radius 3 is 2.29 bits per heavy atom. The second kappa shape index (κ2) is 9.75. The first-order valence-electron chi connectivity index (χ1n) is 10.9. The third-order valence-corrected chi connectivity index (χ3v) is 6.35. The van der Waals surface area contributed by atoms with Gasteiger partial charge in [0.1, 0.15) is 0 Å². The van der Waals surface area contributed by atoms with Crippen LogP contribution in [-0.4, -0.2) is 48.2 Å². The second-order valence-corrected chi connectivity index (χ2v) is 9.33. The number of nitrogens with zero attached hydrogens (tertiary/aromatic N) is 2. The SMILES string of the molecule is CN=C(NCc1ccc(CN2CCC(O)CC2)cc1)NC1CCC(C)(C)CC1. The Morgan fingerprint density at radius 2 is 1.68 bits per heavy atom. The van der Waals surface area contributed by atoms with E-state index in [1.54, 1.807) is 0 Å². The largest absolute Gasteiger partial charge is 0.393 e. The molecule has 2 fully saturated rings. The molecule has 1 aromatic rings. The Hall–Kier alpha value is -1.59. The molecule has 1 saturated carbocycles. The van der Waals surface area contributed by atoms with Crippen molar-refractivity contribution in [3.63, 3.8) is 0 Å². The van der Waals surface area contributed by atoms with E-state index in [4.69, 9.17) is 0 Å². The molecule has 1 aromatic carbocycles. The van der Waals surface area contributed by atoms with Crippen molar-refractivity contribution < 1.29 is 5.11 Å². The topological polar surface area (TPSA) is 59.9 Å². The van der Waals surface area contributed by atoms with Crippen LogP contribution >= 0.6 is 0 Å². The molecule has 0 atom stereocenters. The van der Waals surface area contributed by atoms with E-state index in [0.29, 0.717) is 11.5 Å². The van der Waals surface area contributed by atoms with E-state index in [9.17, 15) is 5.11 Å². The van der Waals surface area contributed by atoms with Crippen LogP contribution in [0.15, 0.2) is 29.3 Å². The Labute approximate surface area is 170 Å². The van der Waals surface area contributed by atoms with Crippen LogP contribution in [0.1, 0.15) is 63.5 Å². The fraction of sp³-hybridized carbons (Fsp3) is 0.696. The molecular formula is C23H38N4O. The van der Waals surface area contributed by atoms with Crippen LogP contribution in [-0.2, 0) is 13.1 Å². The number of rotatable bonds is 5. The molecule has 5 nitrogen and oxygen atoms in total.